The number of piperidine rings is 1. The van der Waals surface area contributed by atoms with E-state index in [1.807, 2.05) is 17.4 Å². The second-order valence-electron chi connectivity index (χ2n) is 5.97. The average molecular weight is 286 g/mol. The van der Waals surface area contributed by atoms with E-state index in [2.05, 4.69) is 25.8 Å². The van der Waals surface area contributed by atoms with Gasteiger partial charge < -0.3 is 10.6 Å². The van der Waals surface area contributed by atoms with E-state index in [9.17, 15) is 4.79 Å². The highest BCUT2D eigenvalue weighted by Crippen LogP contribution is 2.37. The van der Waals surface area contributed by atoms with E-state index in [1.165, 1.54) is 12.8 Å². The van der Waals surface area contributed by atoms with Crippen molar-refractivity contribution in [2.45, 2.75) is 44.7 Å². The third kappa shape index (κ3) is 2.32. The van der Waals surface area contributed by atoms with E-state index in [0.717, 1.165) is 23.7 Å². The van der Waals surface area contributed by atoms with Gasteiger partial charge in [-0.15, -0.1) is 10.2 Å². The predicted octanol–water partition coefficient (Wildman–Crippen LogP) is 0.902. The number of hydrogen-bond donors (Lipinski definition) is 2. The van der Waals surface area contributed by atoms with Crippen LogP contribution in [0.25, 0.3) is 5.65 Å². The summed E-state index contributed by atoms with van der Waals surface area (Å²) in [6.45, 7) is 1.93. The van der Waals surface area contributed by atoms with Gasteiger partial charge in [0, 0.05) is 18.5 Å². The van der Waals surface area contributed by atoms with E-state index in [1.54, 1.807) is 6.33 Å². The van der Waals surface area contributed by atoms with Crippen molar-refractivity contribution in [3.63, 3.8) is 0 Å². The Morgan fingerprint density at radius 2 is 2.24 bits per heavy atom. The molecule has 0 unspecified atom stereocenters. The van der Waals surface area contributed by atoms with Gasteiger partial charge in [0.2, 0.25) is 5.91 Å². The quantitative estimate of drug-likeness (QED) is 0.876. The smallest absolute Gasteiger partial charge is 0.220 e. The molecule has 2 aromatic heterocycles. The number of anilines is 1. The molecule has 2 aliphatic rings. The fourth-order valence-corrected chi connectivity index (χ4v) is 3.13. The number of fused-ring (bicyclic) bond motifs is 1. The monoisotopic (exact) mass is 286 g/mol. The number of amides is 1. The molecule has 7 nitrogen and oxygen atoms in total. The first-order valence-electron chi connectivity index (χ1n) is 7.44. The fourth-order valence-electron chi connectivity index (χ4n) is 3.13. The summed E-state index contributed by atoms with van der Waals surface area (Å²) in [6.07, 6.45) is 5.51. The standard InChI is InChI=1S/C14H18N6O/c1-8-16-11(6-12-19-15-7-20(8)12)17-10-4-5-13(21)18-14(10)9-2-3-9/h6-7,9-10,14,17H,2-5H2,1H3,(H,18,21)/t10-,14+/m1/s1. The SMILES string of the molecule is Cc1nc(N[C@@H]2CCC(=O)N[C@H]2C2CC2)cc2nncn12. The van der Waals surface area contributed by atoms with Crippen molar-refractivity contribution in [3.05, 3.63) is 18.2 Å². The van der Waals surface area contributed by atoms with Gasteiger partial charge >= 0.3 is 0 Å². The minimum atomic E-state index is 0.169. The molecule has 2 atom stereocenters. The van der Waals surface area contributed by atoms with Crippen molar-refractivity contribution in [3.8, 4) is 0 Å². The van der Waals surface area contributed by atoms with Crippen LogP contribution in [0.15, 0.2) is 12.4 Å². The lowest BCUT2D eigenvalue weighted by Gasteiger charge is -2.33. The molecule has 110 valence electrons. The molecule has 7 heteroatoms. The van der Waals surface area contributed by atoms with Crippen molar-refractivity contribution in [1.82, 2.24) is 24.9 Å². The van der Waals surface area contributed by atoms with Crippen LogP contribution in [0.3, 0.4) is 0 Å². The van der Waals surface area contributed by atoms with E-state index in [0.29, 0.717) is 12.3 Å². The summed E-state index contributed by atoms with van der Waals surface area (Å²) < 4.78 is 1.85. The highest BCUT2D eigenvalue weighted by Gasteiger charge is 2.40. The van der Waals surface area contributed by atoms with Crippen molar-refractivity contribution < 1.29 is 4.79 Å². The summed E-state index contributed by atoms with van der Waals surface area (Å²) in [7, 11) is 0. The molecule has 0 bridgehead atoms. The van der Waals surface area contributed by atoms with Gasteiger partial charge in [0.1, 0.15) is 18.0 Å². The summed E-state index contributed by atoms with van der Waals surface area (Å²) in [5.74, 6) is 2.44. The van der Waals surface area contributed by atoms with Gasteiger partial charge in [-0.1, -0.05) is 0 Å². The Bertz CT molecular complexity index is 692. The van der Waals surface area contributed by atoms with E-state index < -0.39 is 0 Å². The predicted molar refractivity (Wildman–Crippen MR) is 76.8 cm³/mol. The summed E-state index contributed by atoms with van der Waals surface area (Å²) in [4.78, 5) is 16.2. The molecule has 2 fully saturated rings. The highest BCUT2D eigenvalue weighted by atomic mass is 16.1. The van der Waals surface area contributed by atoms with Gasteiger partial charge in [-0.2, -0.15) is 0 Å². The first-order chi connectivity index (χ1) is 10.2. The Labute approximate surface area is 122 Å². The lowest BCUT2D eigenvalue weighted by atomic mass is 9.94. The molecule has 1 aliphatic heterocycles. The number of nitrogens with zero attached hydrogens (tertiary/aromatic N) is 4. The summed E-state index contributed by atoms with van der Waals surface area (Å²) in [6, 6.07) is 2.37. The number of carbonyl (C=O) groups is 1. The van der Waals surface area contributed by atoms with Gasteiger partial charge in [-0.3, -0.25) is 9.20 Å². The molecule has 4 rings (SSSR count). The third-order valence-electron chi connectivity index (χ3n) is 4.38. The fraction of sp³-hybridized carbons (Fsp3) is 0.571. The molecule has 0 aromatic carbocycles. The molecular weight excluding hydrogens is 268 g/mol. The Morgan fingerprint density at radius 1 is 1.38 bits per heavy atom. The topological polar surface area (TPSA) is 84.2 Å². The maximum atomic E-state index is 11.6. The number of aryl methyl sites for hydroxylation is 1. The summed E-state index contributed by atoms with van der Waals surface area (Å²) in [5.41, 5.74) is 0.785. The minimum absolute atomic E-state index is 0.169. The molecule has 2 aromatic rings. The Kier molecular flexibility index (Phi) is 2.80. The lowest BCUT2D eigenvalue weighted by molar-refractivity contribution is -0.123. The highest BCUT2D eigenvalue weighted by molar-refractivity contribution is 5.77. The van der Waals surface area contributed by atoms with Crippen molar-refractivity contribution >= 4 is 17.4 Å². The molecular formula is C14H18N6O. The normalized spacial score (nSPS) is 25.9. The summed E-state index contributed by atoms with van der Waals surface area (Å²) >= 11 is 0. The Hall–Kier alpha value is -2.18. The van der Waals surface area contributed by atoms with Gasteiger partial charge in [0.05, 0.1) is 6.04 Å². The first-order valence-corrected chi connectivity index (χ1v) is 7.44. The molecule has 0 spiro atoms. The van der Waals surface area contributed by atoms with E-state index in [4.69, 9.17) is 0 Å². The van der Waals surface area contributed by atoms with Crippen LogP contribution in [0.1, 0.15) is 31.5 Å². The van der Waals surface area contributed by atoms with Gasteiger partial charge in [-0.05, 0) is 32.1 Å². The zero-order valence-corrected chi connectivity index (χ0v) is 11.9. The van der Waals surface area contributed by atoms with Gasteiger partial charge in [-0.25, -0.2) is 4.98 Å². The van der Waals surface area contributed by atoms with Crippen LogP contribution in [0.2, 0.25) is 0 Å². The number of nitrogens with one attached hydrogen (secondary N) is 2. The zero-order chi connectivity index (χ0) is 14.4. The maximum Gasteiger partial charge on any atom is 0.220 e. The van der Waals surface area contributed by atoms with Gasteiger partial charge in [0.15, 0.2) is 5.65 Å². The van der Waals surface area contributed by atoms with Crippen LogP contribution in [0.4, 0.5) is 5.82 Å². The van der Waals surface area contributed by atoms with E-state index in [-0.39, 0.29) is 18.0 Å². The number of rotatable bonds is 3. The van der Waals surface area contributed by atoms with Crippen molar-refractivity contribution in [1.29, 1.82) is 0 Å². The molecule has 1 saturated heterocycles. The Balaban J connectivity index is 1.59. The molecule has 2 N–H and O–H groups in total. The largest absolute Gasteiger partial charge is 0.365 e. The second-order valence-corrected chi connectivity index (χ2v) is 5.97. The van der Waals surface area contributed by atoms with Gasteiger partial charge in [0.25, 0.3) is 0 Å². The number of aromatic nitrogens is 4. The summed E-state index contributed by atoms with van der Waals surface area (Å²) in [5, 5.41) is 14.6. The van der Waals surface area contributed by atoms with Crippen molar-refractivity contribution in [2.75, 3.05) is 5.32 Å². The van der Waals surface area contributed by atoms with Crippen LogP contribution in [-0.2, 0) is 4.79 Å². The second kappa shape index (κ2) is 4.68. The van der Waals surface area contributed by atoms with E-state index >= 15 is 0 Å². The Morgan fingerprint density at radius 3 is 3.05 bits per heavy atom. The average Bonchev–Trinajstić information content (AvgIpc) is 3.19. The van der Waals surface area contributed by atoms with Crippen LogP contribution in [0, 0.1) is 12.8 Å². The molecule has 3 heterocycles. The van der Waals surface area contributed by atoms with Crippen LogP contribution < -0.4 is 10.6 Å². The van der Waals surface area contributed by atoms with Crippen molar-refractivity contribution in [2.24, 2.45) is 5.92 Å². The lowest BCUT2D eigenvalue weighted by Crippen LogP contribution is -2.52. The maximum absolute atomic E-state index is 11.6. The molecule has 21 heavy (non-hydrogen) atoms. The number of carbonyl (C=O) groups excluding carboxylic acids is 1. The molecule has 1 aliphatic carbocycles. The first kappa shape index (κ1) is 12.6. The van der Waals surface area contributed by atoms with Crippen LogP contribution >= 0.6 is 0 Å². The zero-order valence-electron chi connectivity index (χ0n) is 11.9. The molecule has 0 radical (unpaired) electrons. The molecule has 1 amide bonds. The minimum Gasteiger partial charge on any atom is -0.365 e. The third-order valence-corrected chi connectivity index (χ3v) is 4.38. The van der Waals surface area contributed by atoms with Crippen LogP contribution in [0.5, 0.6) is 0 Å². The number of hydrogen-bond acceptors (Lipinski definition) is 5. The van der Waals surface area contributed by atoms with Crippen LogP contribution in [-0.4, -0.2) is 37.6 Å². The molecule has 1 saturated carbocycles.